The summed E-state index contributed by atoms with van der Waals surface area (Å²) in [5.74, 6) is 0. The van der Waals surface area contributed by atoms with E-state index in [-0.39, 0.29) is 19.2 Å². The Kier molecular flexibility index (Phi) is 12.9. The van der Waals surface area contributed by atoms with E-state index in [1.54, 1.807) is 17.0 Å². The molecule has 1 saturated heterocycles. The molecule has 0 bridgehead atoms. The first-order valence-electron chi connectivity index (χ1n) is 14.3. The Hall–Kier alpha value is -0.616. The molecule has 0 aliphatic carbocycles. The molecule has 1 aliphatic heterocycles. The molecule has 1 heterocycles. The van der Waals surface area contributed by atoms with Crippen LogP contribution in [0, 0.1) is 0 Å². The lowest BCUT2D eigenvalue weighted by molar-refractivity contribution is -0.0680. The van der Waals surface area contributed by atoms with E-state index in [0.29, 0.717) is 46.1 Å². The smallest absolute Gasteiger partial charge is 0.410 e. The average Bonchev–Trinajstić information content (AvgIpc) is 2.97. The third-order valence-electron chi connectivity index (χ3n) is 8.13. The average molecular weight is 637 g/mol. The molecule has 10 heteroatoms. The van der Waals surface area contributed by atoms with Crippen molar-refractivity contribution in [1.82, 2.24) is 4.90 Å². The summed E-state index contributed by atoms with van der Waals surface area (Å²) in [6, 6.07) is 5.25. The largest absolute Gasteiger partial charge is 0.455 e. The summed E-state index contributed by atoms with van der Waals surface area (Å²) in [7, 11) is -3.18. The molecule has 0 radical (unpaired) electrons. The van der Waals surface area contributed by atoms with E-state index >= 15 is 0 Å². The summed E-state index contributed by atoms with van der Waals surface area (Å²) >= 11 is 12.2. The molecule has 0 saturated carbocycles. The van der Waals surface area contributed by atoms with Crippen molar-refractivity contribution in [3.63, 3.8) is 0 Å². The quantitative estimate of drug-likeness (QED) is 0.327. The molecular weight excluding hydrogens is 581 g/mol. The van der Waals surface area contributed by atoms with Crippen LogP contribution in [0.4, 0.5) is 4.79 Å². The summed E-state index contributed by atoms with van der Waals surface area (Å²) in [6.07, 6.45) is 0.637. The van der Waals surface area contributed by atoms with Crippen molar-refractivity contribution in [2.45, 2.75) is 123 Å². The van der Waals surface area contributed by atoms with Crippen LogP contribution in [0.3, 0.4) is 0 Å². The fourth-order valence-corrected chi connectivity index (χ4v) is 11.7. The SMILES string of the molecule is CC(C)(C)OC(=O)N1CCCO[C@](CCO)(c2ccc(Cl)c(Cl)c2)C1.CC(C)(C)[Si](C)(C)O[Si](C)(C)C(C)(C)C. The zero-order valence-corrected chi connectivity index (χ0v) is 30.8. The Morgan fingerprint density at radius 1 is 0.975 bits per heavy atom. The molecule has 0 unspecified atom stereocenters. The summed E-state index contributed by atoms with van der Waals surface area (Å²) in [5.41, 5.74) is -0.643. The third kappa shape index (κ3) is 10.6. The molecule has 6 nitrogen and oxygen atoms in total. The number of ether oxygens (including phenoxy) is 2. The topological polar surface area (TPSA) is 68.2 Å². The number of hydrogen-bond acceptors (Lipinski definition) is 5. The van der Waals surface area contributed by atoms with E-state index in [1.165, 1.54) is 0 Å². The molecule has 0 spiro atoms. The van der Waals surface area contributed by atoms with Crippen LogP contribution >= 0.6 is 23.2 Å². The molecule has 1 aromatic rings. The van der Waals surface area contributed by atoms with Crippen molar-refractivity contribution < 1.29 is 23.5 Å². The van der Waals surface area contributed by atoms with Gasteiger partial charge >= 0.3 is 6.09 Å². The van der Waals surface area contributed by atoms with Crippen LogP contribution in [0.1, 0.15) is 80.7 Å². The highest BCUT2D eigenvalue weighted by atomic mass is 35.5. The predicted octanol–water partition coefficient (Wildman–Crippen LogP) is 9.24. The number of hydrogen-bond donors (Lipinski definition) is 1. The second-order valence-corrected chi connectivity index (χ2v) is 25.5. The second kappa shape index (κ2) is 13.8. The maximum atomic E-state index is 12.5. The molecule has 1 amide bonds. The number of carbonyl (C=O) groups is 1. The van der Waals surface area contributed by atoms with Gasteiger partial charge in [0.25, 0.3) is 0 Å². The minimum Gasteiger partial charge on any atom is -0.455 e. The van der Waals surface area contributed by atoms with Crippen molar-refractivity contribution >= 4 is 45.9 Å². The fourth-order valence-electron chi connectivity index (χ4n) is 3.81. The lowest BCUT2D eigenvalue weighted by Crippen LogP contribution is -2.53. The van der Waals surface area contributed by atoms with Gasteiger partial charge in [0.1, 0.15) is 11.2 Å². The van der Waals surface area contributed by atoms with Gasteiger partial charge in [-0.1, -0.05) is 70.8 Å². The lowest BCUT2D eigenvalue weighted by atomic mass is 9.89. The molecule has 1 N–H and O–H groups in total. The highest BCUT2D eigenvalue weighted by molar-refractivity contribution is 6.87. The summed E-state index contributed by atoms with van der Waals surface area (Å²) in [5, 5.41) is 11.1. The van der Waals surface area contributed by atoms with Gasteiger partial charge in [-0.05, 0) is 81.2 Å². The molecule has 1 aliphatic rings. The van der Waals surface area contributed by atoms with Crippen molar-refractivity contribution in [1.29, 1.82) is 0 Å². The minimum absolute atomic E-state index is 0.0809. The molecule has 0 aromatic heterocycles. The van der Waals surface area contributed by atoms with Gasteiger partial charge in [0.15, 0.2) is 16.6 Å². The number of amides is 1. The van der Waals surface area contributed by atoms with Crippen LogP contribution in [0.2, 0.25) is 46.3 Å². The van der Waals surface area contributed by atoms with E-state index < -0.39 is 27.8 Å². The number of nitrogens with zero attached hydrogens (tertiary/aromatic N) is 1. The Bertz CT molecular complexity index is 960. The number of carbonyl (C=O) groups excluding carboxylic acids is 1. The number of aliphatic hydroxyl groups is 1. The van der Waals surface area contributed by atoms with Crippen LogP contribution in [-0.4, -0.2) is 64.6 Å². The van der Waals surface area contributed by atoms with E-state index in [1.807, 2.05) is 26.8 Å². The van der Waals surface area contributed by atoms with Crippen molar-refractivity contribution in [2.24, 2.45) is 0 Å². The second-order valence-electron chi connectivity index (χ2n) is 14.8. The van der Waals surface area contributed by atoms with Crippen LogP contribution in [0.5, 0.6) is 0 Å². The number of benzene rings is 1. The first kappa shape index (κ1) is 37.4. The highest BCUT2D eigenvalue weighted by Gasteiger charge is 2.46. The van der Waals surface area contributed by atoms with Gasteiger partial charge in [-0.25, -0.2) is 4.79 Å². The maximum absolute atomic E-state index is 12.5. The first-order valence-corrected chi connectivity index (χ1v) is 20.8. The lowest BCUT2D eigenvalue weighted by Gasteiger charge is -2.47. The molecule has 1 fully saturated rings. The van der Waals surface area contributed by atoms with E-state index in [9.17, 15) is 9.90 Å². The van der Waals surface area contributed by atoms with Crippen molar-refractivity contribution in [2.75, 3.05) is 26.3 Å². The zero-order chi connectivity index (χ0) is 31.4. The Morgan fingerprint density at radius 2 is 1.50 bits per heavy atom. The Morgan fingerprint density at radius 3 is 1.93 bits per heavy atom. The molecule has 40 heavy (non-hydrogen) atoms. The maximum Gasteiger partial charge on any atom is 0.410 e. The van der Waals surface area contributed by atoms with Crippen LogP contribution in [0.15, 0.2) is 18.2 Å². The molecular formula is C30H55Cl2NO5Si2. The fraction of sp³-hybridized carbons (Fsp3) is 0.767. The van der Waals surface area contributed by atoms with Crippen molar-refractivity contribution in [3.8, 4) is 0 Å². The molecule has 1 aromatic carbocycles. The van der Waals surface area contributed by atoms with Gasteiger partial charge in [0.2, 0.25) is 0 Å². The first-order chi connectivity index (χ1) is 17.9. The normalized spacial score (nSPS) is 19.4. The molecule has 2 rings (SSSR count). The monoisotopic (exact) mass is 635 g/mol. The number of aliphatic hydroxyl groups excluding tert-OH is 1. The summed E-state index contributed by atoms with van der Waals surface area (Å²) in [4.78, 5) is 14.2. The Labute approximate surface area is 256 Å². The number of halogens is 2. The van der Waals surface area contributed by atoms with Gasteiger partial charge in [0.05, 0.1) is 16.6 Å². The standard InChI is InChI=1S/C18H25Cl2NO4.C12H30OSi2/c1-17(2,3)25-16(23)21-8-4-10-24-18(12-21,7-9-22)13-5-6-14(19)15(20)11-13;1-11(2,3)14(7,8)13-15(9,10)12(4,5)6/h5-6,11,22H,4,7-10,12H2,1-3H3;1-10H3/t18-;/m0./s1. The third-order valence-corrected chi connectivity index (χ3v) is 20.2. The van der Waals surface area contributed by atoms with E-state index in [2.05, 4.69) is 67.7 Å². The summed E-state index contributed by atoms with van der Waals surface area (Å²) in [6.45, 7) is 30.0. The minimum atomic E-state index is -1.59. The van der Waals surface area contributed by atoms with E-state index in [0.717, 1.165) is 5.56 Å². The van der Waals surface area contributed by atoms with Gasteiger partial charge in [-0.15, -0.1) is 0 Å². The molecule has 232 valence electrons. The van der Waals surface area contributed by atoms with Gasteiger partial charge in [-0.3, -0.25) is 0 Å². The zero-order valence-electron chi connectivity index (χ0n) is 27.3. The highest BCUT2D eigenvalue weighted by Crippen LogP contribution is 2.44. The van der Waals surface area contributed by atoms with Crippen LogP contribution in [-0.2, 0) is 19.2 Å². The predicted molar refractivity (Wildman–Crippen MR) is 174 cm³/mol. The van der Waals surface area contributed by atoms with Gasteiger partial charge in [0, 0.05) is 26.2 Å². The summed E-state index contributed by atoms with van der Waals surface area (Å²) < 4.78 is 18.2. The van der Waals surface area contributed by atoms with Crippen LogP contribution in [0.25, 0.3) is 0 Å². The van der Waals surface area contributed by atoms with Gasteiger partial charge in [-0.2, -0.15) is 0 Å². The number of rotatable bonds is 5. The van der Waals surface area contributed by atoms with E-state index in [4.69, 9.17) is 36.8 Å². The van der Waals surface area contributed by atoms with Crippen molar-refractivity contribution in [3.05, 3.63) is 33.8 Å². The van der Waals surface area contributed by atoms with Gasteiger partial charge < -0.3 is 23.6 Å². The molecule has 1 atom stereocenters. The van der Waals surface area contributed by atoms with Crippen LogP contribution < -0.4 is 0 Å². The Balaban J connectivity index is 0.000000459.